The lowest BCUT2D eigenvalue weighted by Crippen LogP contribution is -2.51. The second-order valence-electron chi connectivity index (χ2n) is 5.64. The second-order valence-corrected chi connectivity index (χ2v) is 5.64. The highest BCUT2D eigenvalue weighted by atomic mass is 127. The van der Waals surface area contributed by atoms with E-state index >= 15 is 0 Å². The number of nitrogens with zero attached hydrogens (tertiary/aromatic N) is 2. The van der Waals surface area contributed by atoms with E-state index in [1.165, 1.54) is 12.1 Å². The number of guanidine groups is 1. The molecule has 1 fully saturated rings. The Labute approximate surface area is 158 Å². The number of halogens is 2. The lowest BCUT2D eigenvalue weighted by molar-refractivity contribution is -0.132. The molecule has 24 heavy (non-hydrogen) atoms. The predicted octanol–water partition coefficient (Wildman–Crippen LogP) is 1.83. The lowest BCUT2D eigenvalue weighted by atomic mass is 10.1. The van der Waals surface area contributed by atoms with Crippen molar-refractivity contribution in [2.45, 2.75) is 32.4 Å². The minimum absolute atomic E-state index is 0. The van der Waals surface area contributed by atoms with Crippen molar-refractivity contribution in [3.63, 3.8) is 0 Å². The Kier molecular flexibility index (Phi) is 8.23. The van der Waals surface area contributed by atoms with Crippen molar-refractivity contribution in [2.75, 3.05) is 20.1 Å². The number of carbonyl (C=O) groups is 1. The number of hydrogen-bond donors (Lipinski definition) is 3. The molecule has 134 valence electrons. The lowest BCUT2D eigenvalue weighted by Gasteiger charge is -2.31. The van der Waals surface area contributed by atoms with Gasteiger partial charge in [-0.2, -0.15) is 0 Å². The van der Waals surface area contributed by atoms with Gasteiger partial charge >= 0.3 is 0 Å². The Morgan fingerprint density at radius 2 is 2.25 bits per heavy atom. The van der Waals surface area contributed by atoms with Gasteiger partial charge in [0.05, 0.1) is 6.54 Å². The molecule has 0 aliphatic carbocycles. The number of nitrogens with one attached hydrogen (secondary N) is 2. The first-order chi connectivity index (χ1) is 11.0. The van der Waals surface area contributed by atoms with E-state index in [1.54, 1.807) is 18.0 Å². The number of likely N-dealkylation sites (N-methyl/N-ethyl adjacent to an activating group) is 1. The molecule has 1 heterocycles. The van der Waals surface area contributed by atoms with Crippen molar-refractivity contribution in [3.8, 4) is 5.75 Å². The molecule has 6 nitrogen and oxygen atoms in total. The molecule has 0 saturated carbocycles. The van der Waals surface area contributed by atoms with E-state index < -0.39 is 5.82 Å². The van der Waals surface area contributed by atoms with Gasteiger partial charge in [-0.05, 0) is 31.0 Å². The number of amides is 1. The summed E-state index contributed by atoms with van der Waals surface area (Å²) in [6, 6.07) is 4.38. The fraction of sp³-hybridized carbons (Fsp3) is 0.500. The number of hydrogen-bond acceptors (Lipinski definition) is 3. The zero-order valence-corrected chi connectivity index (χ0v) is 16.2. The van der Waals surface area contributed by atoms with E-state index in [9.17, 15) is 14.3 Å². The minimum atomic E-state index is -0.650. The molecule has 1 saturated heterocycles. The van der Waals surface area contributed by atoms with Crippen LogP contribution in [0.5, 0.6) is 5.75 Å². The van der Waals surface area contributed by atoms with Gasteiger partial charge < -0.3 is 20.6 Å². The summed E-state index contributed by atoms with van der Waals surface area (Å²) in [5, 5.41) is 15.7. The van der Waals surface area contributed by atoms with Crippen LogP contribution in [0.4, 0.5) is 4.39 Å². The van der Waals surface area contributed by atoms with E-state index in [0.717, 1.165) is 6.42 Å². The van der Waals surface area contributed by atoms with Crippen molar-refractivity contribution < 1.29 is 14.3 Å². The average molecular weight is 450 g/mol. The van der Waals surface area contributed by atoms with Crippen molar-refractivity contribution in [1.82, 2.24) is 15.5 Å². The van der Waals surface area contributed by atoms with E-state index in [-0.39, 0.29) is 41.7 Å². The maximum Gasteiger partial charge on any atom is 0.222 e. The number of phenols is 1. The van der Waals surface area contributed by atoms with Crippen LogP contribution in [0.3, 0.4) is 0 Å². The summed E-state index contributed by atoms with van der Waals surface area (Å²) in [4.78, 5) is 17.7. The van der Waals surface area contributed by atoms with Crippen LogP contribution < -0.4 is 10.6 Å². The molecule has 0 spiro atoms. The molecular formula is C16H24FIN4O2. The first-order valence-corrected chi connectivity index (χ1v) is 7.75. The van der Waals surface area contributed by atoms with Crippen molar-refractivity contribution in [2.24, 2.45) is 4.99 Å². The zero-order chi connectivity index (χ0) is 16.8. The number of likely N-dealkylation sites (tertiary alicyclic amines) is 1. The predicted molar refractivity (Wildman–Crippen MR) is 102 cm³/mol. The molecule has 1 aliphatic rings. The zero-order valence-electron chi connectivity index (χ0n) is 13.9. The van der Waals surface area contributed by atoms with Crippen LogP contribution in [-0.4, -0.2) is 48.1 Å². The topological polar surface area (TPSA) is 77.0 Å². The van der Waals surface area contributed by atoms with Crippen LogP contribution in [0, 0.1) is 5.82 Å². The minimum Gasteiger partial charge on any atom is -0.505 e. The molecular weight excluding hydrogens is 426 g/mol. The summed E-state index contributed by atoms with van der Waals surface area (Å²) in [5.41, 5.74) is 0.674. The Balaban J connectivity index is 0.00000288. The van der Waals surface area contributed by atoms with Crippen molar-refractivity contribution >= 4 is 35.8 Å². The van der Waals surface area contributed by atoms with E-state index in [1.807, 2.05) is 6.92 Å². The number of phenolic OH excluding ortho intramolecular Hbond substituents is 1. The Bertz CT molecular complexity index is 597. The van der Waals surface area contributed by atoms with E-state index in [4.69, 9.17) is 0 Å². The molecule has 0 aromatic heterocycles. The highest BCUT2D eigenvalue weighted by Crippen LogP contribution is 2.16. The fourth-order valence-corrected chi connectivity index (χ4v) is 2.46. The first kappa shape index (κ1) is 20.5. The third-order valence-corrected chi connectivity index (χ3v) is 3.74. The molecule has 1 atom stereocenters. The van der Waals surface area contributed by atoms with E-state index in [2.05, 4.69) is 15.6 Å². The Hall–Kier alpha value is -1.58. The number of aliphatic imine (C=N–C) groups is 1. The molecule has 2 rings (SSSR count). The summed E-state index contributed by atoms with van der Waals surface area (Å²) >= 11 is 0. The van der Waals surface area contributed by atoms with Crippen LogP contribution in [0.2, 0.25) is 0 Å². The average Bonchev–Trinajstić information content (AvgIpc) is 2.52. The first-order valence-electron chi connectivity index (χ1n) is 7.75. The number of benzene rings is 1. The van der Waals surface area contributed by atoms with Gasteiger partial charge in [0.25, 0.3) is 0 Å². The molecule has 1 unspecified atom stereocenters. The Morgan fingerprint density at radius 1 is 1.50 bits per heavy atom. The highest BCUT2D eigenvalue weighted by molar-refractivity contribution is 14.0. The summed E-state index contributed by atoms with van der Waals surface area (Å²) in [5.74, 6) is -0.223. The van der Waals surface area contributed by atoms with Gasteiger partial charge in [0.1, 0.15) is 0 Å². The van der Waals surface area contributed by atoms with Gasteiger partial charge in [-0.15, -0.1) is 24.0 Å². The number of piperidine rings is 1. The third-order valence-electron chi connectivity index (χ3n) is 3.74. The molecule has 3 N–H and O–H groups in total. The van der Waals surface area contributed by atoms with Crippen LogP contribution in [0.1, 0.15) is 25.3 Å². The monoisotopic (exact) mass is 450 g/mol. The van der Waals surface area contributed by atoms with Gasteiger partial charge in [0.15, 0.2) is 17.5 Å². The van der Waals surface area contributed by atoms with Gasteiger partial charge in [0.2, 0.25) is 5.91 Å². The number of rotatable bonds is 4. The summed E-state index contributed by atoms with van der Waals surface area (Å²) in [7, 11) is 1.79. The third kappa shape index (κ3) is 5.81. The molecule has 1 aromatic rings. The smallest absolute Gasteiger partial charge is 0.222 e. The van der Waals surface area contributed by atoms with Crippen molar-refractivity contribution in [3.05, 3.63) is 29.6 Å². The van der Waals surface area contributed by atoms with Crippen molar-refractivity contribution in [1.29, 1.82) is 0 Å². The molecule has 1 aromatic carbocycles. The number of aromatic hydroxyl groups is 1. The standard InChI is InChI=1S/C16H23FN4O2.HI/c1-3-18-16(20-12-5-7-15(23)21(2)10-12)19-9-11-4-6-14(22)13(17)8-11;/h4,6,8,12,22H,3,5,7,9-10H2,1-2H3,(H2,18,19,20);1H. The van der Waals surface area contributed by atoms with Crippen LogP contribution in [-0.2, 0) is 11.3 Å². The van der Waals surface area contributed by atoms with Crippen LogP contribution >= 0.6 is 24.0 Å². The Morgan fingerprint density at radius 3 is 2.88 bits per heavy atom. The molecule has 1 aliphatic heterocycles. The van der Waals surface area contributed by atoms with Gasteiger partial charge in [-0.25, -0.2) is 9.38 Å². The highest BCUT2D eigenvalue weighted by Gasteiger charge is 2.23. The normalized spacial score (nSPS) is 18.1. The van der Waals surface area contributed by atoms with E-state index in [0.29, 0.717) is 37.6 Å². The molecule has 8 heteroatoms. The quantitative estimate of drug-likeness (QED) is 0.372. The fourth-order valence-electron chi connectivity index (χ4n) is 2.46. The second kappa shape index (κ2) is 9.65. The van der Waals surface area contributed by atoms with Crippen LogP contribution in [0.15, 0.2) is 23.2 Å². The van der Waals surface area contributed by atoms with Gasteiger partial charge in [0, 0.05) is 32.6 Å². The molecule has 1 amide bonds. The number of carbonyl (C=O) groups excluding carboxylic acids is 1. The summed E-state index contributed by atoms with van der Waals surface area (Å²) in [6.07, 6.45) is 1.29. The maximum absolute atomic E-state index is 13.3. The SMILES string of the molecule is CCNC(=NCc1ccc(O)c(F)c1)NC1CCC(=O)N(C)C1.I. The molecule has 0 radical (unpaired) electrons. The van der Waals surface area contributed by atoms with Crippen LogP contribution in [0.25, 0.3) is 0 Å². The maximum atomic E-state index is 13.3. The van der Waals surface area contributed by atoms with Gasteiger partial charge in [-0.1, -0.05) is 6.07 Å². The summed E-state index contributed by atoms with van der Waals surface area (Å²) in [6.45, 7) is 3.61. The molecule has 0 bridgehead atoms. The summed E-state index contributed by atoms with van der Waals surface area (Å²) < 4.78 is 13.3. The van der Waals surface area contributed by atoms with Gasteiger partial charge in [-0.3, -0.25) is 4.79 Å². The largest absolute Gasteiger partial charge is 0.505 e.